The minimum absolute atomic E-state index is 0.126. The molecule has 6 heteroatoms. The van der Waals surface area contributed by atoms with Crippen molar-refractivity contribution in [1.29, 1.82) is 0 Å². The summed E-state index contributed by atoms with van der Waals surface area (Å²) in [6, 6.07) is 3.69. The number of thiophene rings is 1. The van der Waals surface area contributed by atoms with Gasteiger partial charge in [0.15, 0.2) is 0 Å². The third-order valence-corrected chi connectivity index (χ3v) is 4.74. The topological polar surface area (TPSA) is 42.0 Å². The van der Waals surface area contributed by atoms with Gasteiger partial charge < -0.3 is 5.32 Å². The van der Waals surface area contributed by atoms with Crippen LogP contribution in [0.25, 0.3) is 0 Å². The van der Waals surface area contributed by atoms with Crippen LogP contribution in [0, 0.1) is 9.81 Å². The number of nitrogens with zero attached hydrogens (tertiary/aromatic N) is 1. The van der Waals surface area contributed by atoms with E-state index in [0.717, 1.165) is 12.9 Å². The van der Waals surface area contributed by atoms with Gasteiger partial charge in [0.1, 0.15) is 5.82 Å². The number of anilines is 1. The number of hydrogen-bond acceptors (Lipinski definition) is 3. The van der Waals surface area contributed by atoms with Gasteiger partial charge in [-0.1, -0.05) is 0 Å². The Kier molecular flexibility index (Phi) is 4.16. The van der Waals surface area contributed by atoms with Gasteiger partial charge in [0.05, 0.1) is 8.45 Å². The lowest BCUT2D eigenvalue weighted by molar-refractivity contribution is 0.102. The Hall–Kier alpha value is -0.470. The molecule has 0 fully saturated rings. The van der Waals surface area contributed by atoms with Crippen molar-refractivity contribution in [2.75, 3.05) is 5.32 Å². The van der Waals surface area contributed by atoms with E-state index in [-0.39, 0.29) is 5.91 Å². The highest BCUT2D eigenvalue weighted by Gasteiger charge is 2.09. The average molecular weight is 423 g/mol. The number of hydrogen-bond donors (Lipinski definition) is 1. The maximum Gasteiger partial charge on any atom is 0.257 e. The lowest BCUT2D eigenvalue weighted by Crippen LogP contribution is -2.12. The Morgan fingerprint density at radius 3 is 2.88 bits per heavy atom. The van der Waals surface area contributed by atoms with Crippen LogP contribution in [0.1, 0.15) is 15.9 Å². The highest BCUT2D eigenvalue weighted by molar-refractivity contribution is 14.1. The number of amides is 1. The van der Waals surface area contributed by atoms with Crippen LogP contribution in [-0.4, -0.2) is 10.9 Å². The molecular formula is C11H8BrIN2OS. The Balaban J connectivity index is 2.15. The number of nitrogens with one attached hydrogen (secondary N) is 1. The average Bonchev–Trinajstić information content (AvgIpc) is 2.70. The second-order valence-electron chi connectivity index (χ2n) is 3.41. The number of rotatable bonds is 2. The first-order valence-corrected chi connectivity index (χ1v) is 7.49. The van der Waals surface area contributed by atoms with Crippen molar-refractivity contribution in [3.05, 3.63) is 42.2 Å². The number of pyridine rings is 1. The molecule has 0 radical (unpaired) electrons. The molecule has 1 N–H and O–H groups in total. The predicted molar refractivity (Wildman–Crippen MR) is 81.7 cm³/mol. The number of carbonyl (C=O) groups is 1. The Labute approximate surface area is 125 Å². The molecule has 17 heavy (non-hydrogen) atoms. The van der Waals surface area contributed by atoms with Gasteiger partial charge in [-0.15, -0.1) is 11.3 Å². The largest absolute Gasteiger partial charge is 0.307 e. The van der Waals surface area contributed by atoms with Crippen molar-refractivity contribution >= 4 is 61.6 Å². The quantitative estimate of drug-likeness (QED) is 0.741. The third-order valence-electron chi connectivity index (χ3n) is 2.12. The first-order chi connectivity index (χ1) is 8.06. The zero-order valence-corrected chi connectivity index (χ0v) is 13.4. The summed E-state index contributed by atoms with van der Waals surface area (Å²) in [5.74, 6) is 0.440. The lowest BCUT2D eigenvalue weighted by atomic mass is 10.3. The summed E-state index contributed by atoms with van der Waals surface area (Å²) in [6.45, 7) is 1.95. The molecule has 0 spiro atoms. The molecule has 0 aliphatic rings. The fraction of sp³-hybridized carbons (Fsp3) is 0.0909. The summed E-state index contributed by atoms with van der Waals surface area (Å²) in [7, 11) is 0. The summed E-state index contributed by atoms with van der Waals surface area (Å²) >= 11 is 7.11. The van der Waals surface area contributed by atoms with Crippen LogP contribution in [0.5, 0.6) is 0 Å². The summed E-state index contributed by atoms with van der Waals surface area (Å²) in [4.78, 5) is 16.0. The van der Waals surface area contributed by atoms with Gasteiger partial charge in [0.25, 0.3) is 5.91 Å². The molecule has 1 amide bonds. The molecule has 0 aromatic carbocycles. The van der Waals surface area contributed by atoms with Crippen LogP contribution in [0.3, 0.4) is 0 Å². The fourth-order valence-electron chi connectivity index (χ4n) is 1.23. The molecule has 0 saturated carbocycles. The molecule has 2 aromatic rings. The first kappa shape index (κ1) is 13.0. The molecule has 2 aromatic heterocycles. The zero-order valence-electron chi connectivity index (χ0n) is 8.83. The summed E-state index contributed by atoms with van der Waals surface area (Å²) in [6.07, 6.45) is 1.68. The van der Waals surface area contributed by atoms with Gasteiger partial charge in [-0.2, -0.15) is 0 Å². The van der Waals surface area contributed by atoms with Crippen LogP contribution >= 0.6 is 49.9 Å². The third kappa shape index (κ3) is 3.26. The second-order valence-corrected chi connectivity index (χ2v) is 7.07. The maximum absolute atomic E-state index is 11.9. The van der Waals surface area contributed by atoms with Crippen LogP contribution < -0.4 is 5.32 Å². The maximum atomic E-state index is 11.9. The number of carbonyl (C=O) groups excluding carboxylic acids is 1. The fourth-order valence-corrected chi connectivity index (χ4v) is 2.77. The molecular weight excluding hydrogens is 415 g/mol. The molecule has 0 aliphatic carbocycles. The lowest BCUT2D eigenvalue weighted by Gasteiger charge is -2.04. The van der Waals surface area contributed by atoms with E-state index < -0.39 is 0 Å². The molecule has 0 unspecified atom stereocenters. The monoisotopic (exact) mass is 422 g/mol. The summed E-state index contributed by atoms with van der Waals surface area (Å²) < 4.78 is 2.02. The van der Waals surface area contributed by atoms with Crippen molar-refractivity contribution in [3.8, 4) is 0 Å². The Bertz CT molecular complexity index is 570. The van der Waals surface area contributed by atoms with Gasteiger partial charge in [0, 0.05) is 16.0 Å². The normalized spacial score (nSPS) is 10.3. The molecule has 0 atom stereocenters. The molecule has 2 rings (SSSR count). The summed E-state index contributed by atoms with van der Waals surface area (Å²) in [5.41, 5.74) is 1.71. The van der Waals surface area contributed by atoms with Crippen LogP contribution in [0.15, 0.2) is 28.2 Å². The number of halogens is 2. The molecule has 0 bridgehead atoms. The van der Waals surface area contributed by atoms with E-state index in [2.05, 4.69) is 48.8 Å². The highest BCUT2D eigenvalue weighted by atomic mass is 127. The zero-order chi connectivity index (χ0) is 12.4. The van der Waals surface area contributed by atoms with Crippen molar-refractivity contribution in [1.82, 2.24) is 4.98 Å². The standard InChI is InChI=1S/C11H8BrIN2OS/c1-6-2-10(14-4-8(6)12)15-11(16)7-3-9(13)17-5-7/h2-5H,1H3,(H,14,15,16). The second kappa shape index (κ2) is 5.45. The van der Waals surface area contributed by atoms with Crippen molar-refractivity contribution in [2.45, 2.75) is 6.92 Å². The molecule has 0 saturated heterocycles. The minimum Gasteiger partial charge on any atom is -0.307 e. The molecule has 3 nitrogen and oxygen atoms in total. The molecule has 2 heterocycles. The summed E-state index contributed by atoms with van der Waals surface area (Å²) in [5, 5.41) is 4.61. The van der Waals surface area contributed by atoms with Crippen LogP contribution in [0.4, 0.5) is 5.82 Å². The van der Waals surface area contributed by atoms with E-state index in [1.165, 1.54) is 0 Å². The SMILES string of the molecule is Cc1cc(NC(=O)c2csc(I)c2)ncc1Br. The van der Waals surface area contributed by atoms with Gasteiger partial charge in [0.2, 0.25) is 0 Å². The van der Waals surface area contributed by atoms with Gasteiger partial charge in [-0.05, 0) is 63.1 Å². The minimum atomic E-state index is -0.126. The van der Waals surface area contributed by atoms with Crippen molar-refractivity contribution in [2.24, 2.45) is 0 Å². The van der Waals surface area contributed by atoms with E-state index in [1.54, 1.807) is 17.5 Å². The van der Waals surface area contributed by atoms with E-state index in [4.69, 9.17) is 0 Å². The molecule has 0 aliphatic heterocycles. The van der Waals surface area contributed by atoms with Crippen molar-refractivity contribution in [3.63, 3.8) is 0 Å². The van der Waals surface area contributed by atoms with Crippen molar-refractivity contribution < 1.29 is 4.79 Å². The van der Waals surface area contributed by atoms with E-state index in [9.17, 15) is 4.79 Å². The van der Waals surface area contributed by atoms with Crippen LogP contribution in [-0.2, 0) is 0 Å². The highest BCUT2D eigenvalue weighted by Crippen LogP contribution is 2.20. The Morgan fingerprint density at radius 1 is 1.53 bits per heavy atom. The Morgan fingerprint density at radius 2 is 2.29 bits per heavy atom. The first-order valence-electron chi connectivity index (χ1n) is 4.74. The van der Waals surface area contributed by atoms with Gasteiger partial charge in [-0.3, -0.25) is 4.79 Å². The van der Waals surface area contributed by atoms with E-state index in [0.29, 0.717) is 11.4 Å². The number of aryl methyl sites for hydroxylation is 1. The van der Waals surface area contributed by atoms with E-state index in [1.807, 2.05) is 24.4 Å². The van der Waals surface area contributed by atoms with Gasteiger partial charge in [-0.25, -0.2) is 4.98 Å². The molecule has 88 valence electrons. The van der Waals surface area contributed by atoms with E-state index >= 15 is 0 Å². The van der Waals surface area contributed by atoms with Crippen LogP contribution in [0.2, 0.25) is 0 Å². The number of aromatic nitrogens is 1. The smallest absolute Gasteiger partial charge is 0.257 e. The van der Waals surface area contributed by atoms with Gasteiger partial charge >= 0.3 is 0 Å². The predicted octanol–water partition coefficient (Wildman–Crippen LogP) is 4.07.